The van der Waals surface area contributed by atoms with Gasteiger partial charge in [0.15, 0.2) is 5.78 Å². The minimum absolute atomic E-state index is 0.0579. The number of primary amides is 1. The van der Waals surface area contributed by atoms with Crippen LogP contribution in [0.25, 0.3) is 0 Å². The summed E-state index contributed by atoms with van der Waals surface area (Å²) in [4.78, 5) is 28.4. The largest absolute Gasteiger partial charge is 0.492 e. The van der Waals surface area contributed by atoms with Crippen LogP contribution in [-0.4, -0.2) is 23.3 Å². The van der Waals surface area contributed by atoms with Gasteiger partial charge in [0, 0.05) is 29.6 Å². The first-order chi connectivity index (χ1) is 14.0. The molecule has 1 aliphatic heterocycles. The van der Waals surface area contributed by atoms with Crippen LogP contribution in [0.15, 0.2) is 67.0 Å². The highest BCUT2D eigenvalue weighted by molar-refractivity contribution is 6.01. The van der Waals surface area contributed by atoms with E-state index in [0.29, 0.717) is 34.8 Å². The fourth-order valence-electron chi connectivity index (χ4n) is 3.39. The summed E-state index contributed by atoms with van der Waals surface area (Å²) in [5.41, 5.74) is 7.98. The monoisotopic (exact) mass is 388 g/mol. The van der Waals surface area contributed by atoms with Crippen LogP contribution in [0.4, 0.5) is 0 Å². The van der Waals surface area contributed by atoms with Crippen molar-refractivity contribution in [1.29, 1.82) is 0 Å². The number of benzene rings is 2. The number of pyridine rings is 1. The first-order valence-electron chi connectivity index (χ1n) is 9.31. The summed E-state index contributed by atoms with van der Waals surface area (Å²) >= 11 is 0. The van der Waals surface area contributed by atoms with Crippen LogP contribution in [0, 0.1) is 5.92 Å². The smallest absolute Gasteiger partial charge is 0.249 e. The summed E-state index contributed by atoms with van der Waals surface area (Å²) in [5, 5.41) is 0. The molecule has 1 aliphatic rings. The maximum atomic E-state index is 12.3. The molecule has 29 heavy (non-hydrogen) atoms. The number of nitrogens with two attached hydrogens (primary N) is 1. The Bertz CT molecular complexity index is 1070. The van der Waals surface area contributed by atoms with Crippen molar-refractivity contribution >= 4 is 11.7 Å². The molecule has 0 bridgehead atoms. The molecule has 0 spiro atoms. The van der Waals surface area contributed by atoms with E-state index in [1.165, 1.54) is 0 Å². The molecular formula is C23H20N2O4. The van der Waals surface area contributed by atoms with Crippen LogP contribution in [0.5, 0.6) is 11.5 Å². The Morgan fingerprint density at radius 3 is 2.69 bits per heavy atom. The molecule has 0 radical (unpaired) electrons. The third kappa shape index (κ3) is 3.69. The van der Waals surface area contributed by atoms with E-state index in [1.807, 2.05) is 31.2 Å². The minimum Gasteiger partial charge on any atom is -0.492 e. The van der Waals surface area contributed by atoms with E-state index >= 15 is 0 Å². The summed E-state index contributed by atoms with van der Waals surface area (Å²) in [6.45, 7) is 2.18. The SMILES string of the molecule is C[C@@H]1COc2cc(O[C@H](c3ccncc3)c3ccccc3C(N)=O)ccc2C1=O. The van der Waals surface area contributed by atoms with Gasteiger partial charge in [-0.25, -0.2) is 0 Å². The van der Waals surface area contributed by atoms with Crippen molar-refractivity contribution in [3.8, 4) is 11.5 Å². The van der Waals surface area contributed by atoms with Crippen molar-refractivity contribution in [2.75, 3.05) is 6.61 Å². The van der Waals surface area contributed by atoms with Crippen LogP contribution >= 0.6 is 0 Å². The first kappa shape index (κ1) is 18.7. The number of ether oxygens (including phenoxy) is 2. The molecule has 4 rings (SSSR count). The van der Waals surface area contributed by atoms with E-state index in [9.17, 15) is 9.59 Å². The molecule has 6 nitrogen and oxygen atoms in total. The van der Waals surface area contributed by atoms with Gasteiger partial charge >= 0.3 is 0 Å². The fourth-order valence-corrected chi connectivity index (χ4v) is 3.39. The lowest BCUT2D eigenvalue weighted by molar-refractivity contribution is 0.0847. The van der Waals surface area contributed by atoms with E-state index in [4.69, 9.17) is 15.2 Å². The van der Waals surface area contributed by atoms with Crippen molar-refractivity contribution in [2.45, 2.75) is 13.0 Å². The van der Waals surface area contributed by atoms with Crippen LogP contribution in [0.3, 0.4) is 0 Å². The fraction of sp³-hybridized carbons (Fsp3) is 0.174. The van der Waals surface area contributed by atoms with Gasteiger partial charge in [-0.1, -0.05) is 25.1 Å². The number of hydrogen-bond donors (Lipinski definition) is 1. The van der Waals surface area contributed by atoms with Crippen molar-refractivity contribution in [3.63, 3.8) is 0 Å². The lowest BCUT2D eigenvalue weighted by Crippen LogP contribution is -2.25. The molecule has 0 aliphatic carbocycles. The highest BCUT2D eigenvalue weighted by Gasteiger charge is 2.27. The highest BCUT2D eigenvalue weighted by Crippen LogP contribution is 2.35. The predicted octanol–water partition coefficient (Wildman–Crippen LogP) is 3.56. The number of aromatic nitrogens is 1. The Balaban J connectivity index is 1.75. The first-order valence-corrected chi connectivity index (χ1v) is 9.31. The minimum atomic E-state index is -0.585. The van der Waals surface area contributed by atoms with Crippen LogP contribution < -0.4 is 15.2 Å². The van der Waals surface area contributed by atoms with Crippen molar-refractivity contribution in [3.05, 3.63) is 89.2 Å². The standard InChI is InChI=1S/C23H20N2O4/c1-14-13-28-20-12-16(6-7-19(20)21(14)26)29-22(15-8-10-25-11-9-15)17-4-2-3-5-18(17)23(24)27/h2-12,14,22H,13H2,1H3,(H2,24,27)/t14-,22-/m1/s1. The molecule has 0 saturated heterocycles. The number of hydrogen-bond acceptors (Lipinski definition) is 5. The van der Waals surface area contributed by atoms with E-state index in [2.05, 4.69) is 4.98 Å². The number of carbonyl (C=O) groups is 2. The molecular weight excluding hydrogens is 368 g/mol. The number of amides is 1. The summed E-state index contributed by atoms with van der Waals surface area (Å²) < 4.78 is 12.0. The number of carbonyl (C=O) groups excluding carboxylic acids is 2. The molecule has 3 aromatic rings. The van der Waals surface area contributed by atoms with Crippen molar-refractivity contribution < 1.29 is 19.1 Å². The zero-order valence-electron chi connectivity index (χ0n) is 15.9. The summed E-state index contributed by atoms with van der Waals surface area (Å²) in [7, 11) is 0. The Hall–Kier alpha value is -3.67. The molecule has 1 aromatic heterocycles. The van der Waals surface area contributed by atoms with E-state index in [0.717, 1.165) is 5.56 Å². The zero-order chi connectivity index (χ0) is 20.4. The third-order valence-corrected chi connectivity index (χ3v) is 4.93. The lowest BCUT2D eigenvalue weighted by atomic mass is 9.96. The number of ketones is 1. The van der Waals surface area contributed by atoms with E-state index in [1.54, 1.807) is 42.7 Å². The van der Waals surface area contributed by atoms with Crippen LogP contribution in [0.2, 0.25) is 0 Å². The van der Waals surface area contributed by atoms with Gasteiger partial charge in [-0.15, -0.1) is 0 Å². The van der Waals surface area contributed by atoms with Crippen molar-refractivity contribution in [1.82, 2.24) is 4.98 Å². The Morgan fingerprint density at radius 1 is 1.17 bits per heavy atom. The Labute approximate surface area is 168 Å². The van der Waals surface area contributed by atoms with Gasteiger partial charge < -0.3 is 15.2 Å². The third-order valence-electron chi connectivity index (χ3n) is 4.93. The van der Waals surface area contributed by atoms with Gasteiger partial charge in [-0.2, -0.15) is 0 Å². The predicted molar refractivity (Wildman–Crippen MR) is 107 cm³/mol. The van der Waals surface area contributed by atoms with Gasteiger partial charge in [0.2, 0.25) is 5.91 Å². The van der Waals surface area contributed by atoms with E-state index < -0.39 is 12.0 Å². The Morgan fingerprint density at radius 2 is 1.93 bits per heavy atom. The second-order valence-electron chi connectivity index (χ2n) is 6.96. The Kier molecular flexibility index (Phi) is 4.99. The summed E-state index contributed by atoms with van der Waals surface area (Å²) in [6, 6.07) is 15.9. The summed E-state index contributed by atoms with van der Waals surface area (Å²) in [5.74, 6) is 0.384. The molecule has 2 atom stereocenters. The van der Waals surface area contributed by atoms with Crippen molar-refractivity contribution in [2.24, 2.45) is 11.7 Å². The average molecular weight is 388 g/mol. The van der Waals surface area contributed by atoms with E-state index in [-0.39, 0.29) is 11.7 Å². The van der Waals surface area contributed by atoms with Gasteiger partial charge in [0.1, 0.15) is 17.6 Å². The second-order valence-corrected chi connectivity index (χ2v) is 6.96. The molecule has 6 heteroatoms. The van der Waals surface area contributed by atoms with Crippen LogP contribution in [0.1, 0.15) is 44.9 Å². The van der Waals surface area contributed by atoms with Gasteiger partial charge in [0.05, 0.1) is 18.1 Å². The number of nitrogens with zero attached hydrogens (tertiary/aromatic N) is 1. The maximum absolute atomic E-state index is 12.3. The second kappa shape index (κ2) is 7.75. The highest BCUT2D eigenvalue weighted by atomic mass is 16.5. The average Bonchev–Trinajstić information content (AvgIpc) is 2.75. The molecule has 146 valence electrons. The molecule has 1 amide bonds. The quantitative estimate of drug-likeness (QED) is 0.722. The van der Waals surface area contributed by atoms with Gasteiger partial charge in [-0.3, -0.25) is 14.6 Å². The number of fused-ring (bicyclic) bond motifs is 1. The molecule has 0 saturated carbocycles. The molecule has 2 heterocycles. The van der Waals surface area contributed by atoms with Crippen LogP contribution in [-0.2, 0) is 0 Å². The normalized spacial score (nSPS) is 16.4. The molecule has 0 fully saturated rings. The molecule has 2 aromatic carbocycles. The lowest BCUT2D eigenvalue weighted by Gasteiger charge is -2.24. The number of rotatable bonds is 5. The molecule has 2 N–H and O–H groups in total. The van der Waals surface area contributed by atoms with Gasteiger partial charge in [-0.05, 0) is 35.9 Å². The molecule has 0 unspecified atom stereocenters. The maximum Gasteiger partial charge on any atom is 0.249 e. The number of Topliss-reactive ketones (excluding diaryl/α,β-unsaturated/α-hetero) is 1. The zero-order valence-corrected chi connectivity index (χ0v) is 15.9. The topological polar surface area (TPSA) is 91.5 Å². The van der Waals surface area contributed by atoms with Gasteiger partial charge in [0.25, 0.3) is 0 Å². The summed E-state index contributed by atoms with van der Waals surface area (Å²) in [6.07, 6.45) is 2.74.